The Bertz CT molecular complexity index is 513. The Labute approximate surface area is 125 Å². The first-order valence-corrected chi connectivity index (χ1v) is 7.82. The summed E-state index contributed by atoms with van der Waals surface area (Å²) in [6, 6.07) is 5.27. The molecule has 108 valence electrons. The minimum atomic E-state index is 0.0258. The van der Waals surface area contributed by atoms with Crippen molar-refractivity contribution in [3.63, 3.8) is 0 Å². The van der Waals surface area contributed by atoms with E-state index < -0.39 is 0 Å². The number of carbonyl (C=O) groups is 1. The second-order valence-electron chi connectivity index (χ2n) is 6.20. The van der Waals surface area contributed by atoms with Crippen molar-refractivity contribution in [2.45, 2.75) is 38.5 Å². The summed E-state index contributed by atoms with van der Waals surface area (Å²) >= 11 is 6.00. The third-order valence-electron chi connectivity index (χ3n) is 5.06. The summed E-state index contributed by atoms with van der Waals surface area (Å²) in [5, 5.41) is 0.458. The van der Waals surface area contributed by atoms with Gasteiger partial charge in [0.2, 0.25) is 0 Å². The summed E-state index contributed by atoms with van der Waals surface area (Å²) in [4.78, 5) is 14.5. The van der Waals surface area contributed by atoms with Crippen LogP contribution in [0.2, 0.25) is 5.02 Å². The van der Waals surface area contributed by atoms with Gasteiger partial charge in [-0.2, -0.15) is 0 Å². The molecule has 0 radical (unpaired) electrons. The van der Waals surface area contributed by atoms with Crippen LogP contribution in [0.1, 0.15) is 48.9 Å². The first kappa shape index (κ1) is 13.7. The Morgan fingerprint density at radius 3 is 2.45 bits per heavy atom. The van der Waals surface area contributed by atoms with E-state index in [2.05, 4.69) is 0 Å². The fraction of sp³-hybridized carbons (Fsp3) is 0.562. The SMILES string of the molecule is Nc1c(Cl)cccc1C(=O)N1CCC2(CCCC2)CC1. The minimum absolute atomic E-state index is 0.0258. The molecule has 1 amide bonds. The number of piperidine rings is 1. The molecule has 2 N–H and O–H groups in total. The van der Waals surface area contributed by atoms with Gasteiger partial charge >= 0.3 is 0 Å². The topological polar surface area (TPSA) is 46.3 Å². The molecular weight excluding hydrogens is 272 g/mol. The number of likely N-dealkylation sites (tertiary alicyclic amines) is 1. The highest BCUT2D eigenvalue weighted by atomic mass is 35.5. The van der Waals surface area contributed by atoms with Gasteiger partial charge in [-0.05, 0) is 43.2 Å². The molecule has 3 rings (SSSR count). The number of hydrogen-bond acceptors (Lipinski definition) is 2. The molecule has 2 aliphatic rings. The van der Waals surface area contributed by atoms with Crippen molar-refractivity contribution >= 4 is 23.2 Å². The summed E-state index contributed by atoms with van der Waals surface area (Å²) in [7, 11) is 0. The van der Waals surface area contributed by atoms with Crippen molar-refractivity contribution in [3.8, 4) is 0 Å². The number of anilines is 1. The Hall–Kier alpha value is -1.22. The Morgan fingerprint density at radius 2 is 1.80 bits per heavy atom. The molecule has 2 fully saturated rings. The number of nitrogens with two attached hydrogens (primary N) is 1. The van der Waals surface area contributed by atoms with Crippen LogP contribution in [0.4, 0.5) is 5.69 Å². The van der Waals surface area contributed by atoms with E-state index >= 15 is 0 Å². The van der Waals surface area contributed by atoms with Gasteiger partial charge < -0.3 is 10.6 Å². The molecule has 1 saturated heterocycles. The largest absolute Gasteiger partial charge is 0.397 e. The maximum Gasteiger partial charge on any atom is 0.255 e. The molecule has 1 aliphatic heterocycles. The van der Waals surface area contributed by atoms with Gasteiger partial charge in [0.05, 0.1) is 16.3 Å². The van der Waals surface area contributed by atoms with Gasteiger partial charge in [-0.15, -0.1) is 0 Å². The van der Waals surface area contributed by atoms with Crippen molar-refractivity contribution in [1.82, 2.24) is 4.90 Å². The number of nitrogens with zero attached hydrogens (tertiary/aromatic N) is 1. The molecule has 1 spiro atoms. The van der Waals surface area contributed by atoms with E-state index in [4.69, 9.17) is 17.3 Å². The maximum absolute atomic E-state index is 12.6. The van der Waals surface area contributed by atoms with Crippen molar-refractivity contribution < 1.29 is 4.79 Å². The molecular formula is C16H21ClN2O. The highest BCUT2D eigenvalue weighted by Crippen LogP contribution is 2.46. The van der Waals surface area contributed by atoms with Gasteiger partial charge in [-0.1, -0.05) is 30.5 Å². The summed E-state index contributed by atoms with van der Waals surface area (Å²) < 4.78 is 0. The quantitative estimate of drug-likeness (QED) is 0.802. The minimum Gasteiger partial charge on any atom is -0.397 e. The number of nitrogen functional groups attached to an aromatic ring is 1. The van der Waals surface area contributed by atoms with Crippen LogP contribution >= 0.6 is 11.6 Å². The number of carbonyl (C=O) groups excluding carboxylic acids is 1. The number of hydrogen-bond donors (Lipinski definition) is 1. The van der Waals surface area contributed by atoms with Gasteiger partial charge in [-0.25, -0.2) is 0 Å². The lowest BCUT2D eigenvalue weighted by Gasteiger charge is -2.39. The first-order valence-electron chi connectivity index (χ1n) is 7.45. The molecule has 1 aromatic rings. The van der Waals surface area contributed by atoms with Gasteiger partial charge in [0.1, 0.15) is 0 Å². The lowest BCUT2D eigenvalue weighted by molar-refractivity contribution is 0.0588. The van der Waals surface area contributed by atoms with Crippen LogP contribution in [0.3, 0.4) is 0 Å². The molecule has 0 aromatic heterocycles. The monoisotopic (exact) mass is 292 g/mol. The van der Waals surface area contributed by atoms with Crippen LogP contribution in [0, 0.1) is 5.41 Å². The normalized spacial score (nSPS) is 21.4. The van der Waals surface area contributed by atoms with E-state index in [0.29, 0.717) is 21.7 Å². The molecule has 1 heterocycles. The van der Waals surface area contributed by atoms with E-state index in [0.717, 1.165) is 25.9 Å². The lowest BCUT2D eigenvalue weighted by Crippen LogP contribution is -2.42. The van der Waals surface area contributed by atoms with Crippen LogP contribution < -0.4 is 5.73 Å². The third-order valence-corrected chi connectivity index (χ3v) is 5.39. The van der Waals surface area contributed by atoms with Crippen molar-refractivity contribution in [1.29, 1.82) is 0 Å². The summed E-state index contributed by atoms with van der Waals surface area (Å²) in [6.07, 6.45) is 7.67. The molecule has 0 atom stereocenters. The van der Waals surface area contributed by atoms with Crippen molar-refractivity contribution in [2.75, 3.05) is 18.8 Å². The zero-order valence-electron chi connectivity index (χ0n) is 11.7. The van der Waals surface area contributed by atoms with Crippen LogP contribution in [0.5, 0.6) is 0 Å². The van der Waals surface area contributed by atoms with Gasteiger partial charge in [0.15, 0.2) is 0 Å². The van der Waals surface area contributed by atoms with Crippen LogP contribution in [0.25, 0.3) is 0 Å². The first-order chi connectivity index (χ1) is 9.61. The van der Waals surface area contributed by atoms with Gasteiger partial charge in [-0.3, -0.25) is 4.79 Å². The van der Waals surface area contributed by atoms with E-state index in [9.17, 15) is 4.79 Å². The number of halogens is 1. The second-order valence-corrected chi connectivity index (χ2v) is 6.61. The van der Waals surface area contributed by atoms with Gasteiger partial charge in [0, 0.05) is 13.1 Å². The molecule has 1 aliphatic carbocycles. The van der Waals surface area contributed by atoms with E-state index in [1.54, 1.807) is 18.2 Å². The maximum atomic E-state index is 12.6. The van der Waals surface area contributed by atoms with Crippen LogP contribution in [-0.4, -0.2) is 23.9 Å². The molecule has 0 bridgehead atoms. The van der Waals surface area contributed by atoms with Gasteiger partial charge in [0.25, 0.3) is 5.91 Å². The molecule has 1 saturated carbocycles. The molecule has 20 heavy (non-hydrogen) atoms. The van der Waals surface area contributed by atoms with E-state index in [1.807, 2.05) is 4.90 Å². The molecule has 4 heteroatoms. The van der Waals surface area contributed by atoms with Crippen LogP contribution in [-0.2, 0) is 0 Å². The fourth-order valence-electron chi connectivity index (χ4n) is 3.70. The Balaban J connectivity index is 1.71. The highest BCUT2D eigenvalue weighted by Gasteiger charge is 2.38. The second kappa shape index (κ2) is 5.28. The fourth-order valence-corrected chi connectivity index (χ4v) is 3.88. The number of amides is 1. The highest BCUT2D eigenvalue weighted by molar-refractivity contribution is 6.33. The van der Waals surface area contributed by atoms with Crippen molar-refractivity contribution in [3.05, 3.63) is 28.8 Å². The van der Waals surface area contributed by atoms with E-state index in [1.165, 1.54) is 25.7 Å². The van der Waals surface area contributed by atoms with Crippen LogP contribution in [0.15, 0.2) is 18.2 Å². The van der Waals surface area contributed by atoms with E-state index in [-0.39, 0.29) is 5.91 Å². The molecule has 0 unspecified atom stereocenters. The smallest absolute Gasteiger partial charge is 0.255 e. The summed E-state index contributed by atoms with van der Waals surface area (Å²) in [5.41, 5.74) is 7.40. The number of benzene rings is 1. The number of para-hydroxylation sites is 1. The zero-order valence-corrected chi connectivity index (χ0v) is 12.5. The predicted molar refractivity (Wildman–Crippen MR) is 81.9 cm³/mol. The average Bonchev–Trinajstić information content (AvgIpc) is 2.90. The third kappa shape index (κ3) is 2.39. The number of rotatable bonds is 1. The summed E-state index contributed by atoms with van der Waals surface area (Å²) in [5.74, 6) is 0.0258. The summed E-state index contributed by atoms with van der Waals surface area (Å²) in [6.45, 7) is 1.70. The molecule has 1 aromatic carbocycles. The zero-order chi connectivity index (χ0) is 14.2. The Morgan fingerprint density at radius 1 is 1.15 bits per heavy atom. The standard InChI is InChI=1S/C16H21ClN2O/c17-13-5-3-4-12(14(13)18)15(20)19-10-8-16(9-11-19)6-1-2-7-16/h3-5H,1-2,6-11,18H2. The average molecular weight is 293 g/mol. The Kier molecular flexibility index (Phi) is 3.63. The lowest BCUT2D eigenvalue weighted by atomic mass is 9.77. The molecule has 3 nitrogen and oxygen atoms in total. The van der Waals surface area contributed by atoms with Crippen molar-refractivity contribution in [2.24, 2.45) is 5.41 Å². The predicted octanol–water partition coefficient (Wildman–Crippen LogP) is 3.72.